The first-order chi connectivity index (χ1) is 5.27. The fraction of sp³-hybridized carbons (Fsp3) is 0.286. The van der Waals surface area contributed by atoms with Gasteiger partial charge >= 0.3 is 5.97 Å². The van der Waals surface area contributed by atoms with Crippen molar-refractivity contribution in [2.75, 3.05) is 13.1 Å². The Morgan fingerprint density at radius 1 is 1.64 bits per heavy atom. The molecule has 0 unspecified atom stereocenters. The molecule has 2 rings (SSSR count). The van der Waals surface area contributed by atoms with Crippen LogP contribution >= 0.6 is 0 Å². The van der Waals surface area contributed by atoms with E-state index in [0.717, 1.165) is 6.54 Å². The third-order valence-electron chi connectivity index (χ3n) is 1.82. The maximum absolute atomic E-state index is 10.5. The highest BCUT2D eigenvalue weighted by atomic mass is 16.4. The molecule has 0 bridgehead atoms. The maximum Gasteiger partial charge on any atom is 0.334 e. The molecule has 0 radical (unpaired) electrons. The average Bonchev–Trinajstić information content (AvgIpc) is 2.40. The monoisotopic (exact) mass is 152 g/mol. The van der Waals surface area contributed by atoms with Crippen LogP contribution in [0.3, 0.4) is 0 Å². The van der Waals surface area contributed by atoms with E-state index in [4.69, 9.17) is 5.11 Å². The molecule has 0 aromatic heterocycles. The summed E-state index contributed by atoms with van der Waals surface area (Å²) in [5.41, 5.74) is 0.453. The fourth-order valence-electron chi connectivity index (χ4n) is 1.26. The molecule has 0 saturated heterocycles. The van der Waals surface area contributed by atoms with Crippen molar-refractivity contribution in [1.82, 2.24) is 10.0 Å². The third-order valence-corrected chi connectivity index (χ3v) is 1.82. The molecular formula is C7H8N2O2. The zero-order chi connectivity index (χ0) is 7.84. The number of rotatable bonds is 1. The van der Waals surface area contributed by atoms with E-state index < -0.39 is 5.97 Å². The number of nitrogens with zero attached hydrogens (tertiary/aromatic N) is 2. The highest BCUT2D eigenvalue weighted by Crippen LogP contribution is 2.18. The molecule has 0 aromatic carbocycles. The van der Waals surface area contributed by atoms with Crippen molar-refractivity contribution in [2.24, 2.45) is 0 Å². The number of carboxylic acids is 1. The third kappa shape index (κ3) is 0.914. The molecule has 0 atom stereocenters. The molecule has 11 heavy (non-hydrogen) atoms. The summed E-state index contributed by atoms with van der Waals surface area (Å²) in [5, 5.41) is 12.4. The lowest BCUT2D eigenvalue weighted by Crippen LogP contribution is -2.27. The van der Waals surface area contributed by atoms with Crippen LogP contribution in [0.5, 0.6) is 0 Å². The average molecular weight is 152 g/mol. The van der Waals surface area contributed by atoms with Crippen molar-refractivity contribution in [3.63, 3.8) is 0 Å². The van der Waals surface area contributed by atoms with Crippen LogP contribution in [0.1, 0.15) is 0 Å². The number of aliphatic carboxylic acids is 1. The highest BCUT2D eigenvalue weighted by Gasteiger charge is 2.25. The van der Waals surface area contributed by atoms with Crippen LogP contribution in [-0.2, 0) is 4.79 Å². The Hall–Kier alpha value is -1.29. The molecule has 0 aromatic rings. The van der Waals surface area contributed by atoms with Crippen LogP contribution in [0, 0.1) is 0 Å². The molecule has 0 saturated carbocycles. The Balaban J connectivity index is 2.18. The van der Waals surface area contributed by atoms with Gasteiger partial charge in [0.2, 0.25) is 0 Å². The lowest BCUT2D eigenvalue weighted by molar-refractivity contribution is -0.132. The SMILES string of the molecule is O=C(O)C1=CN2C=CCN2C1. The second-order valence-electron chi connectivity index (χ2n) is 2.57. The van der Waals surface area contributed by atoms with Gasteiger partial charge in [0.05, 0.1) is 12.1 Å². The number of fused-ring (bicyclic) bond motifs is 1. The van der Waals surface area contributed by atoms with E-state index in [2.05, 4.69) is 0 Å². The van der Waals surface area contributed by atoms with Crippen molar-refractivity contribution < 1.29 is 9.90 Å². The Labute approximate surface area is 64.0 Å². The molecule has 2 aliphatic rings. The van der Waals surface area contributed by atoms with E-state index in [1.54, 1.807) is 6.20 Å². The van der Waals surface area contributed by atoms with Crippen molar-refractivity contribution in [3.05, 3.63) is 24.0 Å². The first-order valence-corrected chi connectivity index (χ1v) is 3.41. The number of carbonyl (C=O) groups is 1. The molecule has 0 spiro atoms. The smallest absolute Gasteiger partial charge is 0.334 e. The standard InChI is InChI=1S/C7H8N2O2/c10-7(11)6-4-8-2-1-3-9(8)5-6/h1-2,4H,3,5H2,(H,10,11). The van der Waals surface area contributed by atoms with Gasteiger partial charge in [-0.05, 0) is 0 Å². The zero-order valence-corrected chi connectivity index (χ0v) is 5.90. The van der Waals surface area contributed by atoms with Crippen LogP contribution in [0.25, 0.3) is 0 Å². The quantitative estimate of drug-likeness (QED) is 0.575. The Morgan fingerprint density at radius 2 is 2.45 bits per heavy atom. The van der Waals surface area contributed by atoms with Gasteiger partial charge in [-0.2, -0.15) is 0 Å². The first kappa shape index (κ1) is 6.42. The lowest BCUT2D eigenvalue weighted by atomic mass is 10.3. The number of hydrogen-bond donors (Lipinski definition) is 1. The first-order valence-electron chi connectivity index (χ1n) is 3.41. The second-order valence-corrected chi connectivity index (χ2v) is 2.57. The van der Waals surface area contributed by atoms with Gasteiger partial charge in [-0.3, -0.25) is 5.01 Å². The van der Waals surface area contributed by atoms with Gasteiger partial charge in [-0.15, -0.1) is 0 Å². The predicted molar refractivity (Wildman–Crippen MR) is 38.3 cm³/mol. The number of hydrazine groups is 1. The Kier molecular flexibility index (Phi) is 1.22. The summed E-state index contributed by atoms with van der Waals surface area (Å²) >= 11 is 0. The summed E-state index contributed by atoms with van der Waals surface area (Å²) in [7, 11) is 0. The second kappa shape index (κ2) is 2.10. The largest absolute Gasteiger partial charge is 0.478 e. The minimum atomic E-state index is -0.826. The minimum absolute atomic E-state index is 0.453. The summed E-state index contributed by atoms with van der Waals surface area (Å²) in [5.74, 6) is -0.826. The van der Waals surface area contributed by atoms with Gasteiger partial charge in [0, 0.05) is 18.9 Å². The van der Waals surface area contributed by atoms with E-state index >= 15 is 0 Å². The van der Waals surface area contributed by atoms with Gasteiger partial charge in [0.25, 0.3) is 0 Å². The van der Waals surface area contributed by atoms with E-state index in [9.17, 15) is 4.79 Å². The van der Waals surface area contributed by atoms with Crippen LogP contribution in [0.4, 0.5) is 0 Å². The molecule has 1 N–H and O–H groups in total. The molecule has 2 aliphatic heterocycles. The van der Waals surface area contributed by atoms with Crippen molar-refractivity contribution in [1.29, 1.82) is 0 Å². The van der Waals surface area contributed by atoms with Crippen molar-refractivity contribution >= 4 is 5.97 Å². The summed E-state index contributed by atoms with van der Waals surface area (Å²) in [6.45, 7) is 1.33. The van der Waals surface area contributed by atoms with Gasteiger partial charge < -0.3 is 5.11 Å². The van der Waals surface area contributed by atoms with Gasteiger partial charge in [0.15, 0.2) is 0 Å². The zero-order valence-electron chi connectivity index (χ0n) is 5.90. The highest BCUT2D eigenvalue weighted by molar-refractivity contribution is 5.87. The van der Waals surface area contributed by atoms with Crippen LogP contribution in [-0.4, -0.2) is 34.2 Å². The lowest BCUT2D eigenvalue weighted by Gasteiger charge is -2.17. The summed E-state index contributed by atoms with van der Waals surface area (Å²) in [4.78, 5) is 10.5. The molecule has 58 valence electrons. The van der Waals surface area contributed by atoms with Gasteiger partial charge in [-0.1, -0.05) is 6.08 Å². The number of carboxylic acid groups (broad SMARTS) is 1. The Morgan fingerprint density at radius 3 is 3.09 bits per heavy atom. The van der Waals surface area contributed by atoms with Crippen LogP contribution in [0.15, 0.2) is 24.0 Å². The van der Waals surface area contributed by atoms with Crippen LogP contribution in [0.2, 0.25) is 0 Å². The molecule has 0 fully saturated rings. The van der Waals surface area contributed by atoms with E-state index in [0.29, 0.717) is 12.1 Å². The minimum Gasteiger partial charge on any atom is -0.478 e. The fourth-order valence-corrected chi connectivity index (χ4v) is 1.26. The van der Waals surface area contributed by atoms with Crippen molar-refractivity contribution in [3.8, 4) is 0 Å². The molecule has 0 aliphatic carbocycles. The van der Waals surface area contributed by atoms with Gasteiger partial charge in [0.1, 0.15) is 0 Å². The summed E-state index contributed by atoms with van der Waals surface area (Å²) in [6.07, 6.45) is 5.51. The molecular weight excluding hydrogens is 144 g/mol. The molecule has 0 amide bonds. The van der Waals surface area contributed by atoms with E-state index in [-0.39, 0.29) is 0 Å². The topological polar surface area (TPSA) is 43.8 Å². The van der Waals surface area contributed by atoms with E-state index in [1.165, 1.54) is 0 Å². The van der Waals surface area contributed by atoms with Crippen LogP contribution < -0.4 is 0 Å². The van der Waals surface area contributed by atoms with E-state index in [1.807, 2.05) is 22.3 Å². The molecule has 4 heteroatoms. The van der Waals surface area contributed by atoms with Gasteiger partial charge in [-0.25, -0.2) is 9.80 Å². The summed E-state index contributed by atoms with van der Waals surface area (Å²) in [6, 6.07) is 0. The molecule has 4 nitrogen and oxygen atoms in total. The summed E-state index contributed by atoms with van der Waals surface area (Å²) < 4.78 is 0. The predicted octanol–water partition coefficient (Wildman–Crippen LogP) is 0.0148. The molecule has 2 heterocycles. The van der Waals surface area contributed by atoms with Crippen molar-refractivity contribution in [2.45, 2.75) is 0 Å². The number of hydrogen-bond acceptors (Lipinski definition) is 3. The maximum atomic E-state index is 10.5. The normalized spacial score (nSPS) is 22.2. The Bertz CT molecular complexity index is 257.